The van der Waals surface area contributed by atoms with E-state index in [-0.39, 0.29) is 10.6 Å². The summed E-state index contributed by atoms with van der Waals surface area (Å²) in [4.78, 5) is 10.6. The molecule has 0 radical (unpaired) electrons. The van der Waals surface area contributed by atoms with Gasteiger partial charge >= 0.3 is 0 Å². The van der Waals surface area contributed by atoms with Gasteiger partial charge in [-0.1, -0.05) is 36.4 Å². The molecule has 0 bridgehead atoms. The van der Waals surface area contributed by atoms with Gasteiger partial charge in [0.25, 0.3) is 5.69 Å². The average molecular weight is 372 g/mol. The first-order valence-electron chi connectivity index (χ1n) is 9.22. The summed E-state index contributed by atoms with van der Waals surface area (Å²) in [7, 11) is 0. The second-order valence-electron chi connectivity index (χ2n) is 6.49. The van der Waals surface area contributed by atoms with Crippen molar-refractivity contribution in [2.75, 3.05) is 0 Å². The van der Waals surface area contributed by atoms with Gasteiger partial charge in [-0.2, -0.15) is 0 Å². The lowest BCUT2D eigenvalue weighted by molar-refractivity contribution is -0.384. The first kappa shape index (κ1) is 17.8. The molecule has 0 atom stereocenters. The van der Waals surface area contributed by atoms with Crippen LogP contribution in [0.5, 0.6) is 5.75 Å². The minimum atomic E-state index is -0.376. The Labute approximate surface area is 163 Å². The minimum absolute atomic E-state index is 0.0880. The molecule has 0 aliphatic carbocycles. The number of benzene rings is 3. The Morgan fingerprint density at radius 1 is 0.929 bits per heavy atom. The van der Waals surface area contributed by atoms with E-state index in [1.54, 1.807) is 12.1 Å². The lowest BCUT2D eigenvalue weighted by Gasteiger charge is -2.12. The first-order valence-corrected chi connectivity index (χ1v) is 9.22. The van der Waals surface area contributed by atoms with E-state index in [4.69, 9.17) is 4.74 Å². The number of para-hydroxylation sites is 2. The van der Waals surface area contributed by atoms with Crippen LogP contribution in [-0.4, -0.2) is 9.49 Å². The molecular weight excluding hydrogens is 352 g/mol. The zero-order chi connectivity index (χ0) is 19.5. The van der Waals surface area contributed by atoms with Crippen molar-refractivity contribution in [3.05, 3.63) is 94.5 Å². The normalized spacial score (nSPS) is 10.9. The fraction of sp³-hybridized carbons (Fsp3) is 0.130. The Hall–Kier alpha value is -3.60. The van der Waals surface area contributed by atoms with Gasteiger partial charge in [-0.05, 0) is 42.8 Å². The maximum atomic E-state index is 11.0. The molecule has 0 spiro atoms. The maximum absolute atomic E-state index is 11.0. The molecular formula is C23H20N2O3. The van der Waals surface area contributed by atoms with E-state index in [0.717, 1.165) is 40.0 Å². The van der Waals surface area contributed by atoms with Gasteiger partial charge in [0.05, 0.1) is 10.6 Å². The van der Waals surface area contributed by atoms with Crippen LogP contribution in [0.15, 0.2) is 78.9 Å². The predicted molar refractivity (Wildman–Crippen MR) is 110 cm³/mol. The molecule has 4 aromatic rings. The van der Waals surface area contributed by atoms with Crippen LogP contribution in [0.4, 0.5) is 5.69 Å². The highest BCUT2D eigenvalue weighted by molar-refractivity contribution is 5.92. The van der Waals surface area contributed by atoms with Crippen molar-refractivity contribution in [2.45, 2.75) is 20.1 Å². The van der Waals surface area contributed by atoms with Gasteiger partial charge in [-0.3, -0.25) is 10.1 Å². The Balaban J connectivity index is 1.84. The van der Waals surface area contributed by atoms with Crippen LogP contribution < -0.4 is 4.74 Å². The summed E-state index contributed by atoms with van der Waals surface area (Å²) in [5.41, 5.74) is 4.27. The van der Waals surface area contributed by atoms with E-state index in [2.05, 4.69) is 23.6 Å². The van der Waals surface area contributed by atoms with E-state index in [1.165, 1.54) is 0 Å². The Kier molecular flexibility index (Phi) is 4.81. The number of non-ortho nitro benzene ring substituents is 1. The number of fused-ring (bicyclic) bond motifs is 1. The molecule has 28 heavy (non-hydrogen) atoms. The molecule has 140 valence electrons. The zero-order valence-electron chi connectivity index (χ0n) is 15.5. The van der Waals surface area contributed by atoms with Crippen LogP contribution in [0.1, 0.15) is 12.5 Å². The Morgan fingerprint density at radius 2 is 1.61 bits per heavy atom. The summed E-state index contributed by atoms with van der Waals surface area (Å²) in [6.45, 7) is 3.31. The van der Waals surface area contributed by atoms with Crippen molar-refractivity contribution < 1.29 is 9.66 Å². The van der Waals surface area contributed by atoms with Gasteiger partial charge in [-0.25, -0.2) is 0 Å². The van der Waals surface area contributed by atoms with Crippen molar-refractivity contribution in [1.29, 1.82) is 0 Å². The molecule has 0 amide bonds. The fourth-order valence-corrected chi connectivity index (χ4v) is 3.59. The maximum Gasteiger partial charge on any atom is 0.269 e. The Morgan fingerprint density at radius 3 is 2.29 bits per heavy atom. The highest BCUT2D eigenvalue weighted by atomic mass is 16.6. The number of rotatable bonds is 6. The van der Waals surface area contributed by atoms with Crippen LogP contribution in [0.25, 0.3) is 22.2 Å². The van der Waals surface area contributed by atoms with Gasteiger partial charge in [-0.15, -0.1) is 0 Å². The summed E-state index contributed by atoms with van der Waals surface area (Å²) in [5.74, 6) is 0.811. The molecule has 4 rings (SSSR count). The first-order chi connectivity index (χ1) is 13.7. The zero-order valence-corrected chi connectivity index (χ0v) is 15.5. The van der Waals surface area contributed by atoms with Crippen LogP contribution >= 0.6 is 0 Å². The molecule has 0 saturated heterocycles. The quantitative estimate of drug-likeness (QED) is 0.317. The third-order valence-electron chi connectivity index (χ3n) is 4.87. The lowest BCUT2D eigenvalue weighted by atomic mass is 10.1. The van der Waals surface area contributed by atoms with E-state index in [9.17, 15) is 10.1 Å². The molecule has 0 fully saturated rings. The average Bonchev–Trinajstić information content (AvgIpc) is 3.06. The number of hydrogen-bond donors (Lipinski definition) is 0. The minimum Gasteiger partial charge on any atom is -0.489 e. The van der Waals surface area contributed by atoms with Crippen LogP contribution in [0, 0.1) is 10.1 Å². The molecule has 0 N–H and O–H groups in total. The number of nitro benzene ring substituents is 1. The molecule has 0 saturated carbocycles. The summed E-state index contributed by atoms with van der Waals surface area (Å²) in [6.07, 6.45) is 0. The molecule has 1 heterocycles. The van der Waals surface area contributed by atoms with Crippen molar-refractivity contribution >= 4 is 16.6 Å². The van der Waals surface area contributed by atoms with Gasteiger partial charge in [0.1, 0.15) is 12.4 Å². The van der Waals surface area contributed by atoms with Crippen molar-refractivity contribution in [2.24, 2.45) is 0 Å². The molecule has 5 nitrogen and oxygen atoms in total. The fourth-order valence-electron chi connectivity index (χ4n) is 3.59. The van der Waals surface area contributed by atoms with Gasteiger partial charge in [0.2, 0.25) is 0 Å². The highest BCUT2D eigenvalue weighted by Crippen LogP contribution is 2.35. The van der Waals surface area contributed by atoms with Crippen molar-refractivity contribution in [1.82, 2.24) is 4.57 Å². The summed E-state index contributed by atoms with van der Waals surface area (Å²) in [6, 6.07) is 24.7. The Bertz CT molecular complexity index is 1120. The van der Waals surface area contributed by atoms with Crippen LogP contribution in [-0.2, 0) is 13.2 Å². The highest BCUT2D eigenvalue weighted by Gasteiger charge is 2.19. The van der Waals surface area contributed by atoms with Crippen LogP contribution in [0.3, 0.4) is 0 Å². The lowest BCUT2D eigenvalue weighted by Crippen LogP contribution is -2.01. The number of hydrogen-bond acceptors (Lipinski definition) is 3. The summed E-state index contributed by atoms with van der Waals surface area (Å²) < 4.78 is 8.30. The predicted octanol–water partition coefficient (Wildman–Crippen LogP) is 5.82. The monoisotopic (exact) mass is 372 g/mol. The van der Waals surface area contributed by atoms with E-state index in [1.807, 2.05) is 54.6 Å². The van der Waals surface area contributed by atoms with E-state index in [0.29, 0.717) is 6.61 Å². The number of aryl methyl sites for hydroxylation is 1. The van der Waals surface area contributed by atoms with E-state index >= 15 is 0 Å². The number of aromatic nitrogens is 1. The van der Waals surface area contributed by atoms with Gasteiger partial charge in [0, 0.05) is 35.1 Å². The molecule has 0 aliphatic heterocycles. The van der Waals surface area contributed by atoms with Gasteiger partial charge in [0.15, 0.2) is 0 Å². The molecule has 0 aliphatic rings. The molecule has 5 heteroatoms. The summed E-state index contributed by atoms with van der Waals surface area (Å²) in [5, 5.41) is 12.2. The smallest absolute Gasteiger partial charge is 0.269 e. The van der Waals surface area contributed by atoms with Crippen LogP contribution in [0.2, 0.25) is 0 Å². The van der Waals surface area contributed by atoms with E-state index < -0.39 is 0 Å². The summed E-state index contributed by atoms with van der Waals surface area (Å²) >= 11 is 0. The number of nitrogens with zero attached hydrogens (tertiary/aromatic N) is 2. The van der Waals surface area contributed by atoms with Gasteiger partial charge < -0.3 is 9.30 Å². The SMILES string of the molecule is CCn1c(-c2ccc([N+](=O)[O-])cc2)c(COc2ccccc2)c2ccccc21. The van der Waals surface area contributed by atoms with Crippen molar-refractivity contribution in [3.8, 4) is 17.0 Å². The van der Waals surface area contributed by atoms with Crippen molar-refractivity contribution in [3.63, 3.8) is 0 Å². The molecule has 1 aromatic heterocycles. The third kappa shape index (κ3) is 3.22. The number of nitro groups is 1. The second-order valence-corrected chi connectivity index (χ2v) is 6.49. The number of ether oxygens (including phenoxy) is 1. The standard InChI is InChI=1S/C23H20N2O3/c1-2-24-22-11-7-6-10-20(22)21(16-28-19-8-4-3-5-9-19)23(24)17-12-14-18(15-13-17)25(26)27/h3-15H,2,16H2,1H3. The third-order valence-corrected chi connectivity index (χ3v) is 4.87. The molecule has 3 aromatic carbocycles. The largest absolute Gasteiger partial charge is 0.489 e. The molecule has 0 unspecified atom stereocenters. The second kappa shape index (κ2) is 7.56. The topological polar surface area (TPSA) is 57.3 Å².